The van der Waals surface area contributed by atoms with E-state index in [-0.39, 0.29) is 10.8 Å². The number of hydrogen-bond acceptors (Lipinski definition) is 1. The van der Waals surface area contributed by atoms with Crippen LogP contribution in [0.1, 0.15) is 52.7 Å². The zero-order chi connectivity index (χ0) is 15.7. The molecule has 0 amide bonds. The van der Waals surface area contributed by atoms with E-state index in [0.29, 0.717) is 0 Å². The molecule has 1 heteroatoms. The summed E-state index contributed by atoms with van der Waals surface area (Å²) in [5.41, 5.74) is 5.36. The fourth-order valence-electron chi connectivity index (χ4n) is 2.28. The summed E-state index contributed by atoms with van der Waals surface area (Å²) in [6, 6.07) is 17.4. The topological polar surface area (TPSA) is 12.0 Å². The van der Waals surface area contributed by atoms with Crippen LogP contribution in [0.3, 0.4) is 0 Å². The van der Waals surface area contributed by atoms with Gasteiger partial charge in [-0.15, -0.1) is 0 Å². The maximum Gasteiger partial charge on any atom is 0.0387 e. The minimum absolute atomic E-state index is 0.174. The van der Waals surface area contributed by atoms with Crippen LogP contribution in [-0.4, -0.2) is 0 Å². The van der Waals surface area contributed by atoms with Gasteiger partial charge in [-0.2, -0.15) is 0 Å². The van der Waals surface area contributed by atoms with Gasteiger partial charge in [-0.1, -0.05) is 65.8 Å². The molecule has 1 N–H and O–H groups in total. The highest BCUT2D eigenvalue weighted by Gasteiger charge is 2.14. The molecule has 0 aliphatic carbocycles. The Bertz CT molecular complexity index is 595. The van der Waals surface area contributed by atoms with Crippen LogP contribution in [0.4, 0.5) is 11.4 Å². The number of hydrogen-bond donors (Lipinski definition) is 1. The van der Waals surface area contributed by atoms with E-state index in [1.807, 2.05) is 0 Å². The summed E-state index contributed by atoms with van der Waals surface area (Å²) in [6.45, 7) is 13.4. The maximum absolute atomic E-state index is 3.50. The Morgan fingerprint density at radius 2 is 1.19 bits per heavy atom. The van der Waals surface area contributed by atoms with Crippen LogP contribution in [0.15, 0.2) is 48.5 Å². The van der Waals surface area contributed by atoms with Gasteiger partial charge in [0.25, 0.3) is 0 Å². The zero-order valence-corrected chi connectivity index (χ0v) is 14.1. The van der Waals surface area contributed by atoms with Crippen molar-refractivity contribution in [3.8, 4) is 0 Å². The number of benzene rings is 2. The van der Waals surface area contributed by atoms with E-state index in [4.69, 9.17) is 0 Å². The minimum atomic E-state index is 0.174. The van der Waals surface area contributed by atoms with E-state index in [2.05, 4.69) is 95.4 Å². The number of rotatable bonds is 2. The van der Waals surface area contributed by atoms with Crippen LogP contribution in [0.5, 0.6) is 0 Å². The number of anilines is 2. The first-order valence-electron chi connectivity index (χ1n) is 7.64. The molecule has 0 saturated carbocycles. The van der Waals surface area contributed by atoms with Crippen molar-refractivity contribution in [2.24, 2.45) is 0 Å². The first kappa shape index (κ1) is 15.6. The third-order valence-corrected chi connectivity index (χ3v) is 3.77. The van der Waals surface area contributed by atoms with Crippen LogP contribution in [0.25, 0.3) is 0 Å². The normalized spacial score (nSPS) is 12.3. The van der Waals surface area contributed by atoms with Gasteiger partial charge in [0, 0.05) is 11.4 Å². The monoisotopic (exact) mass is 281 g/mol. The second-order valence-electron chi connectivity index (χ2n) is 7.78. The molecule has 0 atom stereocenters. The van der Waals surface area contributed by atoms with Gasteiger partial charge in [0.05, 0.1) is 0 Å². The summed E-state index contributed by atoms with van der Waals surface area (Å²) in [5, 5.41) is 3.50. The van der Waals surface area contributed by atoms with Gasteiger partial charge in [-0.3, -0.25) is 0 Å². The van der Waals surface area contributed by atoms with Gasteiger partial charge < -0.3 is 5.32 Å². The van der Waals surface area contributed by atoms with Gasteiger partial charge in [0.1, 0.15) is 0 Å². The zero-order valence-electron chi connectivity index (χ0n) is 14.1. The average Bonchev–Trinajstić information content (AvgIpc) is 2.37. The molecule has 0 aromatic heterocycles. The van der Waals surface area contributed by atoms with E-state index in [1.54, 1.807) is 0 Å². The van der Waals surface area contributed by atoms with E-state index in [1.165, 1.54) is 11.1 Å². The molecular formula is C20H27N. The second-order valence-corrected chi connectivity index (χ2v) is 7.78. The molecule has 0 spiro atoms. The highest BCUT2D eigenvalue weighted by atomic mass is 14.9. The Kier molecular flexibility index (Phi) is 4.13. The predicted octanol–water partition coefficient (Wildman–Crippen LogP) is 6.03. The van der Waals surface area contributed by atoms with Crippen molar-refractivity contribution in [1.29, 1.82) is 0 Å². The molecule has 21 heavy (non-hydrogen) atoms. The van der Waals surface area contributed by atoms with Crippen LogP contribution in [-0.2, 0) is 10.8 Å². The standard InChI is InChI=1S/C20H27N/c1-19(2,3)15-10-12-17(13-11-15)21-18-9-7-8-16(14-18)20(4,5)6/h7-14,21H,1-6H3. The van der Waals surface area contributed by atoms with Crippen molar-refractivity contribution in [3.63, 3.8) is 0 Å². The Hall–Kier alpha value is -1.76. The lowest BCUT2D eigenvalue weighted by Gasteiger charge is -2.21. The third kappa shape index (κ3) is 4.10. The van der Waals surface area contributed by atoms with E-state index < -0.39 is 0 Å². The van der Waals surface area contributed by atoms with Gasteiger partial charge >= 0.3 is 0 Å². The van der Waals surface area contributed by atoms with Crippen molar-refractivity contribution in [2.45, 2.75) is 52.4 Å². The van der Waals surface area contributed by atoms with Crippen LogP contribution < -0.4 is 5.32 Å². The summed E-state index contributed by atoms with van der Waals surface area (Å²) in [6.07, 6.45) is 0. The van der Waals surface area contributed by atoms with E-state index >= 15 is 0 Å². The van der Waals surface area contributed by atoms with Crippen molar-refractivity contribution in [1.82, 2.24) is 0 Å². The molecule has 2 aromatic rings. The molecule has 0 bridgehead atoms. The van der Waals surface area contributed by atoms with Crippen LogP contribution in [0.2, 0.25) is 0 Å². The molecule has 2 aromatic carbocycles. The Morgan fingerprint density at radius 1 is 0.619 bits per heavy atom. The molecule has 1 nitrogen and oxygen atoms in total. The number of nitrogens with one attached hydrogen (secondary N) is 1. The molecule has 0 unspecified atom stereocenters. The summed E-state index contributed by atoms with van der Waals surface area (Å²) >= 11 is 0. The summed E-state index contributed by atoms with van der Waals surface area (Å²) in [7, 11) is 0. The quantitative estimate of drug-likeness (QED) is 0.709. The van der Waals surface area contributed by atoms with Crippen molar-refractivity contribution in [2.75, 3.05) is 5.32 Å². The smallest absolute Gasteiger partial charge is 0.0387 e. The fourth-order valence-corrected chi connectivity index (χ4v) is 2.28. The molecular weight excluding hydrogens is 254 g/mol. The first-order chi connectivity index (χ1) is 9.66. The SMILES string of the molecule is CC(C)(C)c1ccc(Nc2cccc(C(C)(C)C)c2)cc1. The highest BCUT2D eigenvalue weighted by Crippen LogP contribution is 2.27. The lowest BCUT2D eigenvalue weighted by Crippen LogP contribution is -2.11. The van der Waals surface area contributed by atoms with Crippen LogP contribution in [0, 0.1) is 0 Å². The largest absolute Gasteiger partial charge is 0.356 e. The van der Waals surface area contributed by atoms with Crippen molar-refractivity contribution < 1.29 is 0 Å². The average molecular weight is 281 g/mol. The molecule has 0 fully saturated rings. The molecule has 0 aliphatic heterocycles. The summed E-state index contributed by atoms with van der Waals surface area (Å²) in [5.74, 6) is 0. The van der Waals surface area contributed by atoms with E-state index in [9.17, 15) is 0 Å². The molecule has 0 radical (unpaired) electrons. The lowest BCUT2D eigenvalue weighted by molar-refractivity contribution is 0.590. The Balaban J connectivity index is 2.19. The summed E-state index contributed by atoms with van der Waals surface area (Å²) < 4.78 is 0. The second kappa shape index (κ2) is 5.55. The van der Waals surface area contributed by atoms with E-state index in [0.717, 1.165) is 11.4 Å². The van der Waals surface area contributed by atoms with Gasteiger partial charge in [-0.25, -0.2) is 0 Å². The lowest BCUT2D eigenvalue weighted by atomic mass is 9.86. The Morgan fingerprint density at radius 3 is 1.71 bits per heavy atom. The van der Waals surface area contributed by atoms with Gasteiger partial charge in [0.15, 0.2) is 0 Å². The Labute approximate surface area is 129 Å². The molecule has 112 valence electrons. The van der Waals surface area contributed by atoms with Gasteiger partial charge in [-0.05, 0) is 46.2 Å². The fraction of sp³-hybridized carbons (Fsp3) is 0.400. The first-order valence-corrected chi connectivity index (χ1v) is 7.64. The maximum atomic E-state index is 3.50. The minimum Gasteiger partial charge on any atom is -0.356 e. The van der Waals surface area contributed by atoms with Crippen LogP contribution >= 0.6 is 0 Å². The highest BCUT2D eigenvalue weighted by molar-refractivity contribution is 5.61. The molecule has 0 aliphatic rings. The van der Waals surface area contributed by atoms with Crippen molar-refractivity contribution >= 4 is 11.4 Å². The molecule has 2 rings (SSSR count). The van der Waals surface area contributed by atoms with Crippen molar-refractivity contribution in [3.05, 3.63) is 59.7 Å². The molecule has 0 heterocycles. The third-order valence-electron chi connectivity index (χ3n) is 3.77. The predicted molar refractivity (Wildman–Crippen MR) is 93.6 cm³/mol. The molecule has 0 saturated heterocycles. The summed E-state index contributed by atoms with van der Waals surface area (Å²) in [4.78, 5) is 0. The van der Waals surface area contributed by atoms with Gasteiger partial charge in [0.2, 0.25) is 0 Å².